The number of amides is 3. The molecule has 26 heavy (non-hydrogen) atoms. The minimum absolute atomic E-state index is 0.0267. The minimum Gasteiger partial charge on any atom is -0.322 e. The molecule has 0 unspecified atom stereocenters. The van der Waals surface area contributed by atoms with Crippen molar-refractivity contribution < 1.29 is 14.4 Å². The molecule has 0 saturated heterocycles. The molecule has 0 saturated carbocycles. The average Bonchev–Trinajstić information content (AvgIpc) is 2.61. The molecule has 0 bridgehead atoms. The largest absolute Gasteiger partial charge is 0.322 e. The van der Waals surface area contributed by atoms with Crippen LogP contribution in [0.1, 0.15) is 22.8 Å². The summed E-state index contributed by atoms with van der Waals surface area (Å²) in [6, 6.07) is 13.3. The van der Waals surface area contributed by atoms with E-state index >= 15 is 0 Å². The first-order valence-electron chi connectivity index (χ1n) is 7.47. The summed E-state index contributed by atoms with van der Waals surface area (Å²) in [6.07, 6.45) is 1.48. The second-order valence-corrected chi connectivity index (χ2v) is 6.03. The van der Waals surface area contributed by atoms with Crippen LogP contribution < -0.4 is 16.2 Å². The molecular formula is C18H15Cl2N3O3. The zero-order valence-corrected chi connectivity index (χ0v) is 15.2. The second-order valence-electron chi connectivity index (χ2n) is 5.18. The third kappa shape index (κ3) is 5.61. The predicted molar refractivity (Wildman–Crippen MR) is 100 cm³/mol. The van der Waals surface area contributed by atoms with Gasteiger partial charge in [0.15, 0.2) is 0 Å². The van der Waals surface area contributed by atoms with Gasteiger partial charge in [0.1, 0.15) is 5.70 Å². The maximum absolute atomic E-state index is 12.3. The molecule has 2 aromatic rings. The van der Waals surface area contributed by atoms with Gasteiger partial charge >= 0.3 is 0 Å². The molecule has 2 aromatic carbocycles. The fourth-order valence-electron chi connectivity index (χ4n) is 1.98. The minimum atomic E-state index is -0.699. The Morgan fingerprint density at radius 3 is 2.31 bits per heavy atom. The lowest BCUT2D eigenvalue weighted by Gasteiger charge is -2.11. The van der Waals surface area contributed by atoms with E-state index in [-0.39, 0.29) is 16.3 Å². The standard InChI is InChI=1S/C18H15Cl2N3O3/c1-11(24)21-16(9-12-5-3-2-4-6-12)18(26)23-22-17(25)14-10-13(19)7-8-15(14)20/h2-10H,1H3,(H,21,24)(H,22,25)(H,23,26)/b16-9-. The molecule has 2 rings (SSSR count). The number of carbonyl (C=O) groups is 3. The number of hydrogen-bond acceptors (Lipinski definition) is 3. The Balaban J connectivity index is 2.12. The van der Waals surface area contributed by atoms with Crippen molar-refractivity contribution in [2.45, 2.75) is 6.92 Å². The normalized spacial score (nSPS) is 10.8. The summed E-state index contributed by atoms with van der Waals surface area (Å²) in [5.74, 6) is -1.77. The zero-order valence-electron chi connectivity index (χ0n) is 13.7. The first-order chi connectivity index (χ1) is 12.4. The topological polar surface area (TPSA) is 87.3 Å². The summed E-state index contributed by atoms with van der Waals surface area (Å²) in [4.78, 5) is 35.8. The van der Waals surface area contributed by atoms with Gasteiger partial charge in [0.2, 0.25) is 5.91 Å². The maximum Gasteiger partial charge on any atom is 0.286 e. The number of nitrogens with one attached hydrogen (secondary N) is 3. The number of halogens is 2. The van der Waals surface area contributed by atoms with Gasteiger partial charge in [-0.05, 0) is 29.8 Å². The van der Waals surface area contributed by atoms with Gasteiger partial charge < -0.3 is 5.32 Å². The molecule has 3 N–H and O–H groups in total. The first kappa shape index (κ1) is 19.5. The number of benzene rings is 2. The van der Waals surface area contributed by atoms with E-state index in [1.165, 1.54) is 31.2 Å². The van der Waals surface area contributed by atoms with E-state index in [4.69, 9.17) is 23.2 Å². The van der Waals surface area contributed by atoms with E-state index in [9.17, 15) is 14.4 Å². The molecule has 0 spiro atoms. The molecular weight excluding hydrogens is 377 g/mol. The van der Waals surface area contributed by atoms with E-state index in [1.54, 1.807) is 24.3 Å². The smallest absolute Gasteiger partial charge is 0.286 e. The maximum atomic E-state index is 12.3. The predicted octanol–water partition coefficient (Wildman–Crippen LogP) is 2.93. The SMILES string of the molecule is CC(=O)N/C(=C\c1ccccc1)C(=O)NNC(=O)c1cc(Cl)ccc1Cl. The van der Waals surface area contributed by atoms with Gasteiger partial charge in [-0.3, -0.25) is 25.2 Å². The molecule has 134 valence electrons. The molecule has 6 nitrogen and oxygen atoms in total. The Hall–Kier alpha value is -2.83. The van der Waals surface area contributed by atoms with Gasteiger partial charge in [-0.1, -0.05) is 53.5 Å². The Bertz CT molecular complexity index is 867. The molecule has 0 fully saturated rings. The van der Waals surface area contributed by atoms with Gasteiger partial charge in [0.05, 0.1) is 10.6 Å². The summed E-state index contributed by atoms with van der Waals surface area (Å²) in [5, 5.41) is 2.93. The van der Waals surface area contributed by atoms with Crippen LogP contribution in [0, 0.1) is 0 Å². The van der Waals surface area contributed by atoms with Crippen LogP contribution in [-0.4, -0.2) is 17.7 Å². The van der Waals surface area contributed by atoms with Gasteiger partial charge in [-0.25, -0.2) is 0 Å². The summed E-state index contributed by atoms with van der Waals surface area (Å²) < 4.78 is 0. The molecule has 0 aromatic heterocycles. The van der Waals surface area contributed by atoms with Gasteiger partial charge in [-0.2, -0.15) is 0 Å². The molecule has 0 aliphatic rings. The van der Waals surface area contributed by atoms with Crippen molar-refractivity contribution in [3.8, 4) is 0 Å². The van der Waals surface area contributed by atoms with E-state index in [0.29, 0.717) is 10.6 Å². The number of carbonyl (C=O) groups excluding carboxylic acids is 3. The number of hydrogen-bond donors (Lipinski definition) is 3. The highest BCUT2D eigenvalue weighted by molar-refractivity contribution is 6.35. The highest BCUT2D eigenvalue weighted by Gasteiger charge is 2.15. The highest BCUT2D eigenvalue weighted by Crippen LogP contribution is 2.20. The third-order valence-corrected chi connectivity index (χ3v) is 3.69. The molecule has 3 amide bonds. The third-order valence-electron chi connectivity index (χ3n) is 3.13. The number of rotatable bonds is 4. The van der Waals surface area contributed by atoms with E-state index in [0.717, 1.165) is 0 Å². The van der Waals surface area contributed by atoms with Crippen LogP contribution in [0.4, 0.5) is 0 Å². The lowest BCUT2D eigenvalue weighted by atomic mass is 10.2. The van der Waals surface area contributed by atoms with Crippen LogP contribution in [0.15, 0.2) is 54.2 Å². The van der Waals surface area contributed by atoms with Crippen LogP contribution in [0.5, 0.6) is 0 Å². The van der Waals surface area contributed by atoms with Crippen molar-refractivity contribution in [1.82, 2.24) is 16.2 Å². The van der Waals surface area contributed by atoms with Crippen molar-refractivity contribution in [3.05, 3.63) is 75.4 Å². The summed E-state index contributed by atoms with van der Waals surface area (Å²) in [6.45, 7) is 1.27. The second kappa shape index (κ2) is 9.03. The molecule has 0 aliphatic heterocycles. The zero-order chi connectivity index (χ0) is 19.1. The van der Waals surface area contributed by atoms with E-state index < -0.39 is 17.7 Å². The lowest BCUT2D eigenvalue weighted by Crippen LogP contribution is -2.45. The molecule has 0 radical (unpaired) electrons. The van der Waals surface area contributed by atoms with E-state index in [2.05, 4.69) is 16.2 Å². The summed E-state index contributed by atoms with van der Waals surface area (Å²) >= 11 is 11.8. The molecule has 8 heteroatoms. The van der Waals surface area contributed by atoms with Crippen molar-refractivity contribution in [2.24, 2.45) is 0 Å². The Morgan fingerprint density at radius 2 is 1.65 bits per heavy atom. The van der Waals surface area contributed by atoms with Crippen LogP contribution in [-0.2, 0) is 9.59 Å². The Kier molecular flexibility index (Phi) is 6.77. The Labute approximate surface area is 160 Å². The van der Waals surface area contributed by atoms with Crippen molar-refractivity contribution in [3.63, 3.8) is 0 Å². The van der Waals surface area contributed by atoms with Crippen LogP contribution in [0.25, 0.3) is 6.08 Å². The van der Waals surface area contributed by atoms with Crippen molar-refractivity contribution >= 4 is 47.0 Å². The van der Waals surface area contributed by atoms with Crippen LogP contribution >= 0.6 is 23.2 Å². The average molecular weight is 392 g/mol. The molecule has 0 atom stereocenters. The summed E-state index contributed by atoms with van der Waals surface area (Å²) in [5.41, 5.74) is 5.24. The quantitative estimate of drug-likeness (QED) is 0.552. The van der Waals surface area contributed by atoms with Gasteiger partial charge in [-0.15, -0.1) is 0 Å². The fourth-order valence-corrected chi connectivity index (χ4v) is 2.36. The summed E-state index contributed by atoms with van der Waals surface area (Å²) in [7, 11) is 0. The first-order valence-corrected chi connectivity index (χ1v) is 8.22. The monoisotopic (exact) mass is 391 g/mol. The highest BCUT2D eigenvalue weighted by atomic mass is 35.5. The number of hydrazine groups is 1. The van der Waals surface area contributed by atoms with Gasteiger partial charge in [0, 0.05) is 11.9 Å². The Morgan fingerprint density at radius 1 is 0.962 bits per heavy atom. The fraction of sp³-hybridized carbons (Fsp3) is 0.0556. The lowest BCUT2D eigenvalue weighted by molar-refractivity contribution is -0.122. The van der Waals surface area contributed by atoms with Gasteiger partial charge in [0.25, 0.3) is 11.8 Å². The van der Waals surface area contributed by atoms with Crippen molar-refractivity contribution in [1.29, 1.82) is 0 Å². The molecule has 0 aliphatic carbocycles. The van der Waals surface area contributed by atoms with Crippen LogP contribution in [0.3, 0.4) is 0 Å². The van der Waals surface area contributed by atoms with Crippen LogP contribution in [0.2, 0.25) is 10.0 Å². The van der Waals surface area contributed by atoms with Crippen molar-refractivity contribution in [2.75, 3.05) is 0 Å². The van der Waals surface area contributed by atoms with E-state index in [1.807, 2.05) is 6.07 Å². The molecule has 0 heterocycles.